The molecule has 0 aliphatic carbocycles. The van der Waals surface area contributed by atoms with Crippen molar-refractivity contribution < 1.29 is 14.6 Å². The Morgan fingerprint density at radius 1 is 1.19 bits per heavy atom. The maximum Gasteiger partial charge on any atom is 0.321 e. The van der Waals surface area contributed by atoms with Crippen molar-refractivity contribution in [1.82, 2.24) is 9.80 Å². The highest BCUT2D eigenvalue weighted by Crippen LogP contribution is 2.42. The van der Waals surface area contributed by atoms with Gasteiger partial charge in [-0.2, -0.15) is 0 Å². The molecule has 2 aromatic carbocycles. The zero-order valence-corrected chi connectivity index (χ0v) is 19.2. The predicted octanol–water partition coefficient (Wildman–Crippen LogP) is 2.85. The highest BCUT2D eigenvalue weighted by molar-refractivity contribution is 9.10. The van der Waals surface area contributed by atoms with Crippen molar-refractivity contribution in [1.29, 1.82) is 0 Å². The number of anilines is 1. The summed E-state index contributed by atoms with van der Waals surface area (Å²) in [6.45, 7) is 2.00. The van der Waals surface area contributed by atoms with E-state index in [1.165, 1.54) is 5.56 Å². The van der Waals surface area contributed by atoms with Crippen molar-refractivity contribution >= 4 is 27.6 Å². The van der Waals surface area contributed by atoms with Crippen LogP contribution in [0.5, 0.6) is 5.75 Å². The fourth-order valence-electron chi connectivity index (χ4n) is 4.71. The summed E-state index contributed by atoms with van der Waals surface area (Å²) in [7, 11) is 1.61. The van der Waals surface area contributed by atoms with E-state index in [9.17, 15) is 9.90 Å². The van der Waals surface area contributed by atoms with E-state index in [2.05, 4.69) is 38.3 Å². The second kappa shape index (κ2) is 9.56. The monoisotopic (exact) mass is 488 g/mol. The number of urea groups is 1. The number of nitrogens with two attached hydrogens (primary N) is 1. The molecule has 0 saturated carbocycles. The van der Waals surface area contributed by atoms with Crippen LogP contribution in [0, 0.1) is 0 Å². The lowest BCUT2D eigenvalue weighted by molar-refractivity contribution is -0.0620. The minimum absolute atomic E-state index is 0.0156. The molecule has 8 heteroatoms. The number of methoxy groups -OCH3 is 1. The van der Waals surface area contributed by atoms with Crippen LogP contribution in [-0.4, -0.2) is 72.4 Å². The largest absolute Gasteiger partial charge is 0.497 e. The molecular weight excluding hydrogens is 460 g/mol. The van der Waals surface area contributed by atoms with Crippen LogP contribution >= 0.6 is 15.9 Å². The molecule has 31 heavy (non-hydrogen) atoms. The van der Waals surface area contributed by atoms with Crippen LogP contribution < -0.4 is 15.8 Å². The zero-order chi connectivity index (χ0) is 22.0. The molecule has 0 aromatic heterocycles. The summed E-state index contributed by atoms with van der Waals surface area (Å²) in [5.74, 6) is 0.896. The third-order valence-corrected chi connectivity index (χ3v) is 6.90. The van der Waals surface area contributed by atoms with Crippen LogP contribution in [-0.2, 0) is 0 Å². The molecule has 7 nitrogen and oxygen atoms in total. The quantitative estimate of drug-likeness (QED) is 0.615. The number of hydrogen-bond donors (Lipinski definition) is 3. The van der Waals surface area contributed by atoms with Gasteiger partial charge in [0.2, 0.25) is 0 Å². The number of benzene rings is 2. The van der Waals surface area contributed by atoms with Gasteiger partial charge in [-0.05, 0) is 48.4 Å². The van der Waals surface area contributed by atoms with Crippen molar-refractivity contribution in [3.63, 3.8) is 0 Å². The summed E-state index contributed by atoms with van der Waals surface area (Å²) in [5.41, 5.74) is 8.25. The number of hydrogen-bond acceptors (Lipinski definition) is 5. The molecule has 2 heterocycles. The van der Waals surface area contributed by atoms with Crippen molar-refractivity contribution in [3.8, 4) is 5.75 Å². The number of amides is 2. The number of carbonyl (C=O) groups is 1. The van der Waals surface area contributed by atoms with Gasteiger partial charge in [0.25, 0.3) is 0 Å². The first-order chi connectivity index (χ1) is 15.0. The topological polar surface area (TPSA) is 91.1 Å². The normalized spacial score (nSPS) is 26.3. The number of carbonyl (C=O) groups excluding carboxylic acids is 1. The molecule has 0 spiro atoms. The van der Waals surface area contributed by atoms with E-state index in [1.807, 2.05) is 41.3 Å². The summed E-state index contributed by atoms with van der Waals surface area (Å²) >= 11 is 3.49. The molecule has 0 radical (unpaired) electrons. The molecular formula is C23H29BrN4O3. The van der Waals surface area contributed by atoms with E-state index < -0.39 is 0 Å². The Hall–Kier alpha value is -2.13. The molecule has 166 valence electrons. The van der Waals surface area contributed by atoms with Gasteiger partial charge in [0.1, 0.15) is 5.75 Å². The third kappa shape index (κ3) is 4.72. The number of fused-ring (bicyclic) bond motifs is 1. The summed E-state index contributed by atoms with van der Waals surface area (Å²) in [6, 6.07) is 15.5. The lowest BCUT2D eigenvalue weighted by Crippen LogP contribution is -2.70. The number of rotatable bonds is 4. The van der Waals surface area contributed by atoms with Gasteiger partial charge in [0.15, 0.2) is 0 Å². The van der Waals surface area contributed by atoms with Gasteiger partial charge in [-0.3, -0.25) is 4.90 Å². The number of halogens is 1. The Kier molecular flexibility index (Phi) is 6.81. The molecule has 4 rings (SSSR count). The van der Waals surface area contributed by atoms with Crippen LogP contribution in [0.4, 0.5) is 10.5 Å². The molecule has 2 saturated heterocycles. The van der Waals surface area contributed by atoms with Crippen LogP contribution in [0.2, 0.25) is 0 Å². The molecule has 4 N–H and O–H groups in total. The van der Waals surface area contributed by atoms with Gasteiger partial charge < -0.3 is 25.8 Å². The molecule has 2 aliphatic heterocycles. The Bertz CT molecular complexity index is 893. The fourth-order valence-corrected chi connectivity index (χ4v) is 4.98. The number of aliphatic hydroxyl groups excluding tert-OH is 1. The maximum atomic E-state index is 13.1. The Balaban J connectivity index is 1.52. The standard InChI is InChI=1S/C23H29BrN4O3/c1-31-19-8-6-18(7-9-19)26-23(30)27-11-10-17(25)12-28-20(13-27)22(21(28)14-29)15-2-4-16(24)5-3-15/h2-9,17,20-22,29H,10-14,25H2,1H3,(H,26,30)/t17?,20?,21-,22?/m1/s1. The second-order valence-electron chi connectivity index (χ2n) is 8.24. The third-order valence-electron chi connectivity index (χ3n) is 6.37. The van der Waals surface area contributed by atoms with Crippen LogP contribution in [0.3, 0.4) is 0 Å². The molecule has 0 bridgehead atoms. The van der Waals surface area contributed by atoms with E-state index in [0.717, 1.165) is 28.9 Å². The molecule has 2 amide bonds. The average Bonchev–Trinajstić information content (AvgIpc) is 2.76. The Morgan fingerprint density at radius 3 is 2.55 bits per heavy atom. The van der Waals surface area contributed by atoms with Gasteiger partial charge in [-0.1, -0.05) is 28.1 Å². The summed E-state index contributed by atoms with van der Waals surface area (Å²) < 4.78 is 6.20. The highest BCUT2D eigenvalue weighted by atomic mass is 79.9. The first-order valence-electron chi connectivity index (χ1n) is 10.6. The van der Waals surface area contributed by atoms with Crippen molar-refractivity contribution in [3.05, 3.63) is 58.6 Å². The summed E-state index contributed by atoms with van der Waals surface area (Å²) in [4.78, 5) is 17.2. The van der Waals surface area contributed by atoms with Gasteiger partial charge in [-0.25, -0.2) is 4.79 Å². The molecule has 4 atom stereocenters. The first kappa shape index (κ1) is 22.1. The minimum Gasteiger partial charge on any atom is -0.497 e. The molecule has 3 unspecified atom stereocenters. The molecule has 2 aromatic rings. The van der Waals surface area contributed by atoms with E-state index in [4.69, 9.17) is 10.5 Å². The SMILES string of the molecule is COc1ccc(NC(=O)N2CCC(N)CN3C(C2)C(c2ccc(Br)cc2)[C@H]3CO)cc1. The van der Waals surface area contributed by atoms with E-state index in [0.29, 0.717) is 13.1 Å². The van der Waals surface area contributed by atoms with Crippen LogP contribution in [0.25, 0.3) is 0 Å². The lowest BCUT2D eigenvalue weighted by atomic mass is 9.74. The molecule has 2 aliphatic rings. The van der Waals surface area contributed by atoms with Crippen LogP contribution in [0.1, 0.15) is 17.9 Å². The van der Waals surface area contributed by atoms with Crippen molar-refractivity contribution in [2.75, 3.05) is 38.7 Å². The minimum atomic E-state index is -0.138. The summed E-state index contributed by atoms with van der Waals surface area (Å²) in [5, 5.41) is 13.1. The van der Waals surface area contributed by atoms with Crippen LogP contribution in [0.15, 0.2) is 53.0 Å². The van der Waals surface area contributed by atoms with E-state index >= 15 is 0 Å². The van der Waals surface area contributed by atoms with Gasteiger partial charge in [-0.15, -0.1) is 0 Å². The van der Waals surface area contributed by atoms with E-state index in [-0.39, 0.29) is 36.7 Å². The second-order valence-corrected chi connectivity index (χ2v) is 9.16. The van der Waals surface area contributed by atoms with Gasteiger partial charge in [0, 0.05) is 53.8 Å². The average molecular weight is 489 g/mol. The Morgan fingerprint density at radius 2 is 1.90 bits per heavy atom. The number of nitrogens with zero attached hydrogens (tertiary/aromatic N) is 2. The summed E-state index contributed by atoms with van der Waals surface area (Å²) in [6.07, 6.45) is 0.723. The number of ether oxygens (including phenoxy) is 1. The molecule has 2 fully saturated rings. The lowest BCUT2D eigenvalue weighted by Gasteiger charge is -2.57. The highest BCUT2D eigenvalue weighted by Gasteiger charge is 2.50. The Labute approximate surface area is 191 Å². The smallest absolute Gasteiger partial charge is 0.321 e. The van der Waals surface area contributed by atoms with E-state index in [1.54, 1.807) is 7.11 Å². The first-order valence-corrected chi connectivity index (χ1v) is 11.4. The van der Waals surface area contributed by atoms with Gasteiger partial charge in [0.05, 0.1) is 13.7 Å². The number of aliphatic hydroxyl groups is 1. The number of nitrogens with one attached hydrogen (secondary N) is 1. The zero-order valence-electron chi connectivity index (χ0n) is 17.6. The van der Waals surface area contributed by atoms with Crippen molar-refractivity contribution in [2.45, 2.75) is 30.5 Å². The predicted molar refractivity (Wildman–Crippen MR) is 124 cm³/mol. The maximum absolute atomic E-state index is 13.1. The van der Waals surface area contributed by atoms with Crippen molar-refractivity contribution in [2.24, 2.45) is 5.73 Å². The fraction of sp³-hybridized carbons (Fsp3) is 0.435. The van der Waals surface area contributed by atoms with Gasteiger partial charge >= 0.3 is 6.03 Å².